The van der Waals surface area contributed by atoms with E-state index in [0.717, 1.165) is 6.42 Å². The van der Waals surface area contributed by atoms with Crippen molar-refractivity contribution >= 4 is 40.2 Å². The topological polar surface area (TPSA) is 0 Å². The number of halogens is 2. The van der Waals surface area contributed by atoms with Crippen molar-refractivity contribution in [2.45, 2.75) is 93.4 Å². The summed E-state index contributed by atoms with van der Waals surface area (Å²) in [5, 5.41) is 0. The fraction of sp³-hybridized carbons (Fsp3) is 0.364. The van der Waals surface area contributed by atoms with Gasteiger partial charge in [0.05, 0.1) is 0 Å². The maximum Gasteiger partial charge on any atom is -0.358 e. The number of fused-ring (bicyclic) bond motifs is 5. The summed E-state index contributed by atoms with van der Waals surface area (Å²) in [5.41, 5.74) is 17.6. The van der Waals surface area contributed by atoms with Gasteiger partial charge in [-0.25, -0.2) is 11.6 Å². The van der Waals surface area contributed by atoms with Crippen LogP contribution in [0.1, 0.15) is 108 Å². The number of hydrogen-bond donors (Lipinski definition) is 0. The van der Waals surface area contributed by atoms with Gasteiger partial charge >= 0.3 is 28.4 Å². The van der Waals surface area contributed by atoms with Crippen molar-refractivity contribution in [3.8, 4) is 11.1 Å². The van der Waals surface area contributed by atoms with E-state index in [-0.39, 0.29) is 43.1 Å². The summed E-state index contributed by atoms with van der Waals surface area (Å²) >= 11 is 1.30. The fourth-order valence-electron chi connectivity index (χ4n) is 6.80. The van der Waals surface area contributed by atoms with Gasteiger partial charge in [-0.15, -0.1) is 36.4 Å². The van der Waals surface area contributed by atoms with Crippen LogP contribution in [0.3, 0.4) is 0 Å². The maximum atomic E-state index is 3.65. The van der Waals surface area contributed by atoms with Gasteiger partial charge in [0.1, 0.15) is 0 Å². The molecule has 0 saturated heterocycles. The van der Waals surface area contributed by atoms with Gasteiger partial charge in [0.25, 0.3) is 0 Å². The Balaban J connectivity index is 0.000000420. The molecular formula is C44H54Cl2Zr-4. The second-order valence-electron chi connectivity index (χ2n) is 14.8. The standard InChI is InChI=1S/C25H25.C10H15.C7H7.CH3.CH2.2ClH.Zr/c1-14-12-24(3,4)22-8-16-7-17-9-23-19(15(2)13-25(23,5)6)11-21(17)20(16)10-18(14)22;1-8-5-6-9(7-8)10(2,3)4;1-7-5-3-2-4-6-7;;;;;/h8-12H,7H2,1-6H3;6-8H,1-4H3;3-6H,1H3;1H3;1H2;2*1H;/q4*-1;;;;. The number of benzene rings is 3. The predicted octanol–water partition coefficient (Wildman–Crippen LogP) is 12.5. The Morgan fingerprint density at radius 3 is 1.79 bits per heavy atom. The van der Waals surface area contributed by atoms with Gasteiger partial charge in [0, 0.05) is 5.41 Å². The van der Waals surface area contributed by atoms with Crippen molar-refractivity contribution in [2.24, 2.45) is 11.3 Å². The summed E-state index contributed by atoms with van der Waals surface area (Å²) < 4.78 is 3.34. The van der Waals surface area contributed by atoms with E-state index in [9.17, 15) is 0 Å². The summed E-state index contributed by atoms with van der Waals surface area (Å²) in [7, 11) is 0. The molecule has 3 aromatic carbocycles. The van der Waals surface area contributed by atoms with Crippen LogP contribution in [0.25, 0.3) is 22.3 Å². The van der Waals surface area contributed by atoms with Crippen LogP contribution in [0.4, 0.5) is 0 Å². The summed E-state index contributed by atoms with van der Waals surface area (Å²) in [6.45, 7) is 24.6. The zero-order valence-electron chi connectivity index (χ0n) is 30.7. The second kappa shape index (κ2) is 16.6. The SMILES string of the molecule is CC1=[C-]C(C)(C)c2cc3c(cc21)-c1cc2c(cc1C3)C(C)(C)C=C2C.CC1[C-]=CC(C(C)(C)C)=C1.Cc1cc[c-]cc1.Cl.Cl.[CH2]=[Zr].[CH3-]. The van der Waals surface area contributed by atoms with Gasteiger partial charge in [-0.3, -0.25) is 12.2 Å². The Morgan fingerprint density at radius 2 is 1.34 bits per heavy atom. The normalized spacial score (nSPS) is 17.7. The zero-order chi connectivity index (χ0) is 32.6. The third-order valence-electron chi connectivity index (χ3n) is 9.11. The monoisotopic (exact) mass is 742 g/mol. The van der Waals surface area contributed by atoms with Crippen molar-refractivity contribution < 1.29 is 24.2 Å². The van der Waals surface area contributed by atoms with Crippen LogP contribution in [0.2, 0.25) is 0 Å². The van der Waals surface area contributed by atoms with Crippen molar-refractivity contribution in [3.05, 3.63) is 137 Å². The van der Waals surface area contributed by atoms with Gasteiger partial charge in [-0.2, -0.15) is 53.1 Å². The fourth-order valence-corrected chi connectivity index (χ4v) is 6.80. The molecule has 0 aliphatic heterocycles. The van der Waals surface area contributed by atoms with Crippen LogP contribution in [-0.4, -0.2) is 4.21 Å². The third kappa shape index (κ3) is 9.35. The molecule has 0 N–H and O–H groups in total. The van der Waals surface area contributed by atoms with E-state index in [2.05, 4.69) is 141 Å². The Labute approximate surface area is 315 Å². The Kier molecular flexibility index (Phi) is 15.2. The molecule has 1 atom stereocenters. The second-order valence-corrected chi connectivity index (χ2v) is 14.8. The molecule has 0 heterocycles. The molecule has 0 spiro atoms. The van der Waals surface area contributed by atoms with Crippen molar-refractivity contribution in [3.63, 3.8) is 0 Å². The van der Waals surface area contributed by atoms with Crippen LogP contribution in [0.5, 0.6) is 0 Å². The number of hydrogen-bond acceptors (Lipinski definition) is 0. The number of rotatable bonds is 0. The van der Waals surface area contributed by atoms with Crippen LogP contribution in [0, 0.1) is 43.9 Å². The third-order valence-corrected chi connectivity index (χ3v) is 9.11. The Morgan fingerprint density at radius 1 is 0.809 bits per heavy atom. The van der Waals surface area contributed by atoms with E-state index in [1.54, 1.807) is 0 Å². The minimum atomic E-state index is 0. The van der Waals surface area contributed by atoms with Gasteiger partial charge in [0.2, 0.25) is 0 Å². The molecule has 4 aliphatic carbocycles. The minimum Gasteiger partial charge on any atom is -0.358 e. The first-order valence-corrected chi connectivity index (χ1v) is 17.6. The molecular weight excluding hydrogens is 691 g/mol. The molecule has 0 fully saturated rings. The summed E-state index contributed by atoms with van der Waals surface area (Å²) in [5.74, 6) is 0.522. The van der Waals surface area contributed by atoms with E-state index >= 15 is 0 Å². The maximum absolute atomic E-state index is 3.65. The average molecular weight is 745 g/mol. The molecule has 47 heavy (non-hydrogen) atoms. The smallest absolute Gasteiger partial charge is 0.358 e. The molecule has 0 aromatic heterocycles. The minimum absolute atomic E-state index is 0. The first-order chi connectivity index (χ1) is 20.6. The summed E-state index contributed by atoms with van der Waals surface area (Å²) in [6, 6.07) is 20.6. The predicted molar refractivity (Wildman–Crippen MR) is 209 cm³/mol. The Hall–Kier alpha value is -2.05. The van der Waals surface area contributed by atoms with Crippen LogP contribution < -0.4 is 0 Å². The molecule has 0 radical (unpaired) electrons. The summed E-state index contributed by atoms with van der Waals surface area (Å²) in [6.07, 6.45) is 14.8. The largest absolute Gasteiger partial charge is 0.358 e. The molecule has 4 aliphatic rings. The van der Waals surface area contributed by atoms with Crippen molar-refractivity contribution in [1.82, 2.24) is 0 Å². The van der Waals surface area contributed by atoms with Crippen molar-refractivity contribution in [1.29, 1.82) is 0 Å². The summed E-state index contributed by atoms with van der Waals surface area (Å²) in [4.78, 5) is 0. The van der Waals surface area contributed by atoms with Gasteiger partial charge < -0.3 is 7.43 Å². The zero-order valence-corrected chi connectivity index (χ0v) is 34.7. The number of allylic oxidation sites excluding steroid dienone is 8. The van der Waals surface area contributed by atoms with E-state index in [4.69, 9.17) is 0 Å². The van der Waals surface area contributed by atoms with E-state index in [0.29, 0.717) is 11.3 Å². The first kappa shape index (κ1) is 43.0. The van der Waals surface area contributed by atoms with Gasteiger partial charge in [-0.1, -0.05) is 104 Å². The Bertz CT molecular complexity index is 1590. The van der Waals surface area contributed by atoms with Crippen LogP contribution >= 0.6 is 24.8 Å². The van der Waals surface area contributed by atoms with E-state index in [1.165, 1.54) is 91.0 Å². The quantitative estimate of drug-likeness (QED) is 0.157. The van der Waals surface area contributed by atoms with E-state index in [1.807, 2.05) is 24.3 Å². The molecule has 0 saturated carbocycles. The number of aryl methyl sites for hydroxylation is 1. The molecule has 252 valence electrons. The molecule has 3 heteroatoms. The average Bonchev–Trinajstić information content (AvgIpc) is 3.66. The molecule has 0 nitrogen and oxygen atoms in total. The van der Waals surface area contributed by atoms with Crippen LogP contribution in [0.15, 0.2) is 72.3 Å². The van der Waals surface area contributed by atoms with Crippen LogP contribution in [-0.2, 0) is 41.5 Å². The van der Waals surface area contributed by atoms with Gasteiger partial charge in [-0.05, 0) is 58.4 Å². The van der Waals surface area contributed by atoms with Crippen molar-refractivity contribution in [2.75, 3.05) is 0 Å². The molecule has 0 bridgehead atoms. The van der Waals surface area contributed by atoms with Gasteiger partial charge in [0.15, 0.2) is 0 Å². The molecule has 7 rings (SSSR count). The molecule has 3 aromatic rings. The first-order valence-electron chi connectivity index (χ1n) is 15.8. The molecule has 0 amide bonds. The molecule has 1 unspecified atom stereocenters. The van der Waals surface area contributed by atoms with E-state index < -0.39 is 0 Å².